The number of carbonyl (C=O) groups excluding carboxylic acids is 1. The highest BCUT2D eigenvalue weighted by atomic mass is 32.1. The molecule has 0 heterocycles. The van der Waals surface area contributed by atoms with E-state index in [1.165, 1.54) is 0 Å². The van der Waals surface area contributed by atoms with E-state index >= 15 is 0 Å². The van der Waals surface area contributed by atoms with Crippen LogP contribution in [0.3, 0.4) is 0 Å². The molecule has 1 aliphatic rings. The highest BCUT2D eigenvalue weighted by Gasteiger charge is 2.45. The van der Waals surface area contributed by atoms with Gasteiger partial charge in [-0.3, -0.25) is 4.79 Å². The van der Waals surface area contributed by atoms with E-state index in [0.717, 1.165) is 51.6 Å². The van der Waals surface area contributed by atoms with Crippen LogP contribution >= 0.6 is 12.2 Å². The van der Waals surface area contributed by atoms with E-state index in [0.29, 0.717) is 4.99 Å². The lowest BCUT2D eigenvalue weighted by molar-refractivity contribution is -0.138. The van der Waals surface area contributed by atoms with Gasteiger partial charge in [0, 0.05) is 13.1 Å². The molecule has 17 heavy (non-hydrogen) atoms. The number of carbonyl (C=O) groups is 1. The average Bonchev–Trinajstić information content (AvgIpc) is 2.78. The first-order chi connectivity index (χ1) is 8.08. The maximum atomic E-state index is 12.6. The van der Waals surface area contributed by atoms with E-state index < -0.39 is 5.41 Å². The molecular weight excluding hydrogens is 232 g/mol. The minimum atomic E-state index is -0.528. The van der Waals surface area contributed by atoms with Gasteiger partial charge in [-0.2, -0.15) is 0 Å². The lowest BCUT2D eigenvalue weighted by Gasteiger charge is -2.33. The summed E-state index contributed by atoms with van der Waals surface area (Å²) in [5, 5.41) is 0. The van der Waals surface area contributed by atoms with Gasteiger partial charge in [0.15, 0.2) is 0 Å². The lowest BCUT2D eigenvalue weighted by atomic mass is 9.84. The number of thiocarbonyl (C=S) groups is 1. The molecule has 1 aliphatic carbocycles. The van der Waals surface area contributed by atoms with Crippen LogP contribution in [-0.2, 0) is 4.79 Å². The molecular formula is C13H24N2OS. The molecule has 0 aromatic rings. The van der Waals surface area contributed by atoms with Gasteiger partial charge < -0.3 is 10.6 Å². The minimum Gasteiger partial charge on any atom is -0.392 e. The Hall–Kier alpha value is -0.640. The summed E-state index contributed by atoms with van der Waals surface area (Å²) in [5.74, 6) is 0.172. The van der Waals surface area contributed by atoms with Gasteiger partial charge in [0.05, 0.1) is 10.4 Å². The van der Waals surface area contributed by atoms with Crippen LogP contribution in [0, 0.1) is 5.41 Å². The number of hydrogen-bond donors (Lipinski definition) is 1. The first-order valence-corrected chi connectivity index (χ1v) is 7.08. The van der Waals surface area contributed by atoms with Crippen molar-refractivity contribution < 1.29 is 4.79 Å². The van der Waals surface area contributed by atoms with E-state index in [9.17, 15) is 4.79 Å². The Morgan fingerprint density at radius 2 is 1.71 bits per heavy atom. The number of rotatable bonds is 6. The summed E-state index contributed by atoms with van der Waals surface area (Å²) in [6, 6.07) is 0. The van der Waals surface area contributed by atoms with Gasteiger partial charge in [-0.25, -0.2) is 0 Å². The van der Waals surface area contributed by atoms with E-state index in [-0.39, 0.29) is 5.91 Å². The van der Waals surface area contributed by atoms with Gasteiger partial charge in [-0.15, -0.1) is 0 Å². The standard InChI is InChI=1S/C13H24N2OS/c1-3-9-15(10-4-2)12(16)13(11(14)17)7-5-6-8-13/h3-10H2,1-2H3,(H2,14,17). The van der Waals surface area contributed by atoms with Gasteiger partial charge in [0.1, 0.15) is 0 Å². The third-order valence-corrected chi connectivity index (χ3v) is 4.00. The fourth-order valence-electron chi connectivity index (χ4n) is 2.70. The Labute approximate surface area is 110 Å². The fourth-order valence-corrected chi connectivity index (χ4v) is 2.99. The molecule has 0 spiro atoms. The van der Waals surface area contributed by atoms with Gasteiger partial charge >= 0.3 is 0 Å². The molecule has 4 heteroatoms. The summed E-state index contributed by atoms with van der Waals surface area (Å²) in [6.07, 6.45) is 5.78. The maximum Gasteiger partial charge on any atom is 0.235 e. The summed E-state index contributed by atoms with van der Waals surface area (Å²) < 4.78 is 0. The number of nitrogens with zero attached hydrogens (tertiary/aromatic N) is 1. The van der Waals surface area contributed by atoms with Gasteiger partial charge in [-0.1, -0.05) is 38.9 Å². The van der Waals surface area contributed by atoms with Crippen LogP contribution in [0.1, 0.15) is 52.4 Å². The van der Waals surface area contributed by atoms with Crippen LogP contribution in [0.2, 0.25) is 0 Å². The molecule has 98 valence electrons. The molecule has 1 rings (SSSR count). The summed E-state index contributed by atoms with van der Waals surface area (Å²) >= 11 is 5.16. The molecule has 1 fully saturated rings. The van der Waals surface area contributed by atoms with Crippen molar-refractivity contribution >= 4 is 23.1 Å². The second-order valence-electron chi connectivity index (χ2n) is 4.95. The number of nitrogens with two attached hydrogens (primary N) is 1. The van der Waals surface area contributed by atoms with Gasteiger partial charge in [0.25, 0.3) is 0 Å². The van der Waals surface area contributed by atoms with Crippen molar-refractivity contribution in [2.45, 2.75) is 52.4 Å². The molecule has 0 unspecified atom stereocenters. The van der Waals surface area contributed by atoms with Crippen molar-refractivity contribution in [3.05, 3.63) is 0 Å². The minimum absolute atomic E-state index is 0.172. The van der Waals surface area contributed by atoms with Crippen LogP contribution in [0.15, 0.2) is 0 Å². The Morgan fingerprint density at radius 3 is 2.06 bits per heavy atom. The molecule has 0 atom stereocenters. The van der Waals surface area contributed by atoms with Crippen molar-refractivity contribution in [2.75, 3.05) is 13.1 Å². The van der Waals surface area contributed by atoms with Crippen molar-refractivity contribution in [3.63, 3.8) is 0 Å². The topological polar surface area (TPSA) is 46.3 Å². The van der Waals surface area contributed by atoms with Crippen LogP contribution in [-0.4, -0.2) is 28.9 Å². The van der Waals surface area contributed by atoms with Crippen molar-refractivity contribution in [1.29, 1.82) is 0 Å². The molecule has 1 amide bonds. The Kier molecular flexibility index (Phi) is 5.37. The summed E-state index contributed by atoms with van der Waals surface area (Å²) in [5.41, 5.74) is 5.32. The molecule has 2 N–H and O–H groups in total. The highest BCUT2D eigenvalue weighted by molar-refractivity contribution is 7.80. The Morgan fingerprint density at radius 1 is 1.24 bits per heavy atom. The summed E-state index contributed by atoms with van der Waals surface area (Å²) in [4.78, 5) is 15.0. The van der Waals surface area contributed by atoms with Gasteiger partial charge in [0.2, 0.25) is 5.91 Å². The highest BCUT2D eigenvalue weighted by Crippen LogP contribution is 2.40. The van der Waals surface area contributed by atoms with Crippen LogP contribution in [0.25, 0.3) is 0 Å². The molecule has 0 aliphatic heterocycles. The van der Waals surface area contributed by atoms with Crippen LogP contribution in [0.5, 0.6) is 0 Å². The molecule has 0 bridgehead atoms. The second kappa shape index (κ2) is 6.34. The average molecular weight is 256 g/mol. The van der Waals surface area contributed by atoms with E-state index in [1.807, 2.05) is 4.90 Å². The molecule has 3 nitrogen and oxygen atoms in total. The Bertz CT molecular complexity index is 279. The first-order valence-electron chi connectivity index (χ1n) is 6.67. The van der Waals surface area contributed by atoms with E-state index in [1.54, 1.807) is 0 Å². The third kappa shape index (κ3) is 2.97. The SMILES string of the molecule is CCCN(CCC)C(=O)C1(C(N)=S)CCCC1. The molecule has 0 radical (unpaired) electrons. The zero-order chi connectivity index (χ0) is 12.9. The lowest BCUT2D eigenvalue weighted by Crippen LogP contribution is -2.49. The van der Waals surface area contributed by atoms with Crippen molar-refractivity contribution in [3.8, 4) is 0 Å². The van der Waals surface area contributed by atoms with Crippen LogP contribution < -0.4 is 5.73 Å². The van der Waals surface area contributed by atoms with E-state index in [2.05, 4.69) is 13.8 Å². The monoisotopic (exact) mass is 256 g/mol. The zero-order valence-corrected chi connectivity index (χ0v) is 11.8. The number of amides is 1. The molecule has 0 aromatic heterocycles. The smallest absolute Gasteiger partial charge is 0.235 e. The summed E-state index contributed by atoms with van der Waals surface area (Å²) in [6.45, 7) is 5.82. The predicted octanol–water partition coefficient (Wildman–Crippen LogP) is 2.48. The van der Waals surface area contributed by atoms with Gasteiger partial charge in [-0.05, 0) is 25.7 Å². The molecule has 0 aromatic carbocycles. The zero-order valence-electron chi connectivity index (χ0n) is 11.0. The van der Waals surface area contributed by atoms with Crippen molar-refractivity contribution in [1.82, 2.24) is 4.90 Å². The third-order valence-electron chi connectivity index (χ3n) is 3.61. The largest absolute Gasteiger partial charge is 0.392 e. The summed E-state index contributed by atoms with van der Waals surface area (Å²) in [7, 11) is 0. The quantitative estimate of drug-likeness (QED) is 0.743. The molecule has 0 saturated heterocycles. The maximum absolute atomic E-state index is 12.6. The normalized spacial score (nSPS) is 18.0. The van der Waals surface area contributed by atoms with E-state index in [4.69, 9.17) is 18.0 Å². The second-order valence-corrected chi connectivity index (χ2v) is 5.39. The van der Waals surface area contributed by atoms with Crippen molar-refractivity contribution in [2.24, 2.45) is 11.1 Å². The first kappa shape index (κ1) is 14.4. The Balaban J connectivity index is 2.85. The van der Waals surface area contributed by atoms with Crippen LogP contribution in [0.4, 0.5) is 0 Å². The predicted molar refractivity (Wildman–Crippen MR) is 74.8 cm³/mol. The fraction of sp³-hybridized carbons (Fsp3) is 0.846. The molecule has 1 saturated carbocycles. The number of hydrogen-bond acceptors (Lipinski definition) is 2.